The average molecular weight is 465 g/mol. The van der Waals surface area contributed by atoms with Gasteiger partial charge in [0, 0.05) is 24.0 Å². The van der Waals surface area contributed by atoms with Crippen molar-refractivity contribution in [1.82, 2.24) is 25.3 Å². The van der Waals surface area contributed by atoms with E-state index in [4.69, 9.17) is 0 Å². The molecule has 1 atom stereocenters. The average Bonchev–Trinajstić information content (AvgIpc) is 3.21. The fraction of sp³-hybridized carbons (Fsp3) is 0.143. The van der Waals surface area contributed by atoms with E-state index in [0.717, 1.165) is 42.6 Å². The van der Waals surface area contributed by atoms with Crippen LogP contribution < -0.4 is 5.32 Å². The van der Waals surface area contributed by atoms with Crippen molar-refractivity contribution in [3.05, 3.63) is 89.3 Å². The van der Waals surface area contributed by atoms with Crippen molar-refractivity contribution in [3.63, 3.8) is 0 Å². The molecule has 170 valence electrons. The smallest absolute Gasteiger partial charge is 0.345 e. The number of aromatic amines is 1. The third kappa shape index (κ3) is 4.49. The Labute approximate surface area is 181 Å². The van der Waals surface area contributed by atoms with Crippen molar-refractivity contribution < 1.29 is 31.1 Å². The molecule has 4 rings (SSSR count). The van der Waals surface area contributed by atoms with Gasteiger partial charge < -0.3 is 10.3 Å². The van der Waals surface area contributed by atoms with Crippen LogP contribution in [-0.4, -0.2) is 25.8 Å². The van der Waals surface area contributed by atoms with Gasteiger partial charge in [-0.1, -0.05) is 12.1 Å². The maximum Gasteiger partial charge on any atom is 0.418 e. The predicted molar refractivity (Wildman–Crippen MR) is 104 cm³/mol. The minimum Gasteiger partial charge on any atom is -0.345 e. The zero-order chi connectivity index (χ0) is 23.8. The number of carbonyl (C=O) groups is 1. The lowest BCUT2D eigenvalue weighted by Crippen LogP contribution is -2.31. The summed E-state index contributed by atoms with van der Waals surface area (Å²) < 4.78 is 79.8. The van der Waals surface area contributed by atoms with Crippen LogP contribution in [0.25, 0.3) is 11.0 Å². The number of hydrogen-bond acceptors (Lipinski definition) is 4. The number of amides is 1. The van der Waals surface area contributed by atoms with Gasteiger partial charge >= 0.3 is 12.4 Å². The number of nitrogens with zero attached hydrogens (tertiary/aromatic N) is 3. The second-order valence-electron chi connectivity index (χ2n) is 6.95. The minimum atomic E-state index is -4.81. The predicted octanol–water partition coefficient (Wildman–Crippen LogP) is 4.91. The van der Waals surface area contributed by atoms with Gasteiger partial charge in [-0.25, -0.2) is 9.97 Å². The van der Waals surface area contributed by atoms with Crippen LogP contribution >= 0.6 is 0 Å². The van der Waals surface area contributed by atoms with Gasteiger partial charge in [-0.2, -0.15) is 26.3 Å². The largest absolute Gasteiger partial charge is 0.418 e. The number of nitrogens with one attached hydrogen (secondary N) is 2. The van der Waals surface area contributed by atoms with Crippen LogP contribution in [0.15, 0.2) is 61.3 Å². The molecule has 0 aliphatic carbocycles. The fourth-order valence-electron chi connectivity index (χ4n) is 3.32. The second kappa shape index (κ2) is 8.19. The Kier molecular flexibility index (Phi) is 5.52. The standard InChI is InChI=1S/C21H13F6N5O/c22-20(23,24)12-5-3-11(4-6-12)16(17-15(21(25,26)27)2-1-7-29-17)32-19(33)14-9-30-18-13(14)8-28-10-31-18/h1-10,16H,(H,32,33)(H,28,30,31)/t16-/m0/s1. The molecular formula is C21H13F6N5O. The van der Waals surface area contributed by atoms with E-state index >= 15 is 0 Å². The molecule has 0 radical (unpaired) electrons. The lowest BCUT2D eigenvalue weighted by molar-refractivity contribution is -0.139. The first kappa shape index (κ1) is 22.2. The normalized spacial score (nSPS) is 13.2. The summed E-state index contributed by atoms with van der Waals surface area (Å²) in [6, 6.07) is 3.82. The monoisotopic (exact) mass is 465 g/mol. The molecule has 12 heteroatoms. The Morgan fingerprint density at radius 2 is 1.70 bits per heavy atom. The summed E-state index contributed by atoms with van der Waals surface area (Å²) in [5, 5.41) is 2.77. The Bertz CT molecular complexity index is 1300. The Balaban J connectivity index is 1.79. The third-order valence-electron chi connectivity index (χ3n) is 4.86. The van der Waals surface area contributed by atoms with E-state index in [-0.39, 0.29) is 11.1 Å². The molecule has 0 fully saturated rings. The maximum atomic E-state index is 13.6. The molecule has 0 aliphatic rings. The lowest BCUT2D eigenvalue weighted by atomic mass is 9.97. The molecule has 3 heterocycles. The topological polar surface area (TPSA) is 83.6 Å². The van der Waals surface area contributed by atoms with Crippen LogP contribution in [0, 0.1) is 0 Å². The van der Waals surface area contributed by atoms with Crippen LogP contribution in [0.1, 0.15) is 38.8 Å². The minimum absolute atomic E-state index is 0.0170. The van der Waals surface area contributed by atoms with Crippen LogP contribution in [0.4, 0.5) is 26.3 Å². The molecule has 0 unspecified atom stereocenters. The Hall–Kier alpha value is -3.96. The molecule has 2 N–H and O–H groups in total. The Morgan fingerprint density at radius 1 is 0.970 bits per heavy atom. The number of fused-ring (bicyclic) bond motifs is 1. The zero-order valence-corrected chi connectivity index (χ0v) is 16.4. The van der Waals surface area contributed by atoms with Crippen LogP contribution in [0.2, 0.25) is 0 Å². The van der Waals surface area contributed by atoms with Crippen molar-refractivity contribution in [3.8, 4) is 0 Å². The molecule has 0 saturated heterocycles. The molecule has 33 heavy (non-hydrogen) atoms. The number of benzene rings is 1. The fourth-order valence-corrected chi connectivity index (χ4v) is 3.32. The number of H-pyrrole nitrogens is 1. The maximum absolute atomic E-state index is 13.6. The highest BCUT2D eigenvalue weighted by Crippen LogP contribution is 2.36. The molecular weight excluding hydrogens is 452 g/mol. The van der Waals surface area contributed by atoms with Gasteiger partial charge in [-0.15, -0.1) is 0 Å². The van der Waals surface area contributed by atoms with Gasteiger partial charge in [0.1, 0.15) is 12.0 Å². The van der Waals surface area contributed by atoms with E-state index in [1.165, 1.54) is 18.7 Å². The first-order valence-corrected chi connectivity index (χ1v) is 9.33. The number of aromatic nitrogens is 4. The number of halogens is 6. The first-order valence-electron chi connectivity index (χ1n) is 9.33. The second-order valence-corrected chi connectivity index (χ2v) is 6.95. The molecule has 4 aromatic rings. The highest BCUT2D eigenvalue weighted by atomic mass is 19.4. The number of hydrogen-bond donors (Lipinski definition) is 2. The van der Waals surface area contributed by atoms with Crippen molar-refractivity contribution >= 4 is 16.9 Å². The zero-order valence-electron chi connectivity index (χ0n) is 16.4. The summed E-state index contributed by atoms with van der Waals surface area (Å²) in [7, 11) is 0. The summed E-state index contributed by atoms with van der Waals surface area (Å²) in [5.41, 5.74) is -2.31. The van der Waals surface area contributed by atoms with Crippen molar-refractivity contribution in [1.29, 1.82) is 0 Å². The van der Waals surface area contributed by atoms with Gasteiger partial charge in [0.25, 0.3) is 5.91 Å². The van der Waals surface area contributed by atoms with Crippen molar-refractivity contribution in [2.24, 2.45) is 0 Å². The van der Waals surface area contributed by atoms with E-state index in [1.54, 1.807) is 0 Å². The summed E-state index contributed by atoms with van der Waals surface area (Å²) in [6.45, 7) is 0. The van der Waals surface area contributed by atoms with E-state index in [1.807, 2.05) is 0 Å². The summed E-state index contributed by atoms with van der Waals surface area (Å²) in [4.78, 5) is 27.3. The van der Waals surface area contributed by atoms with Crippen molar-refractivity contribution in [2.75, 3.05) is 0 Å². The van der Waals surface area contributed by atoms with Gasteiger partial charge in [0.15, 0.2) is 0 Å². The molecule has 1 aromatic carbocycles. The first-order chi connectivity index (χ1) is 15.6. The Morgan fingerprint density at radius 3 is 2.36 bits per heavy atom. The molecule has 3 aromatic heterocycles. The van der Waals surface area contributed by atoms with Gasteiger partial charge in [-0.3, -0.25) is 9.78 Å². The highest BCUT2D eigenvalue weighted by Gasteiger charge is 2.37. The van der Waals surface area contributed by atoms with Gasteiger partial charge in [-0.05, 0) is 29.8 Å². The van der Waals surface area contributed by atoms with E-state index < -0.39 is 41.1 Å². The van der Waals surface area contributed by atoms with E-state index in [9.17, 15) is 31.1 Å². The van der Waals surface area contributed by atoms with Gasteiger partial charge in [0.05, 0.1) is 28.4 Å². The van der Waals surface area contributed by atoms with Crippen LogP contribution in [0.5, 0.6) is 0 Å². The van der Waals surface area contributed by atoms with E-state index in [2.05, 4.69) is 25.3 Å². The molecule has 0 aliphatic heterocycles. The SMILES string of the molecule is O=C(N[C@@H](c1ccc(C(F)(F)F)cc1)c1ncccc1C(F)(F)F)c1c[nH]c2ncncc12. The number of rotatable bonds is 4. The quantitative estimate of drug-likeness (QED) is 0.420. The number of alkyl halides is 6. The third-order valence-corrected chi connectivity index (χ3v) is 4.86. The van der Waals surface area contributed by atoms with Crippen LogP contribution in [0.3, 0.4) is 0 Å². The summed E-state index contributed by atoms with van der Waals surface area (Å²) in [6.07, 6.45) is -4.44. The van der Waals surface area contributed by atoms with Gasteiger partial charge in [0.2, 0.25) is 0 Å². The molecule has 6 nitrogen and oxygen atoms in total. The highest BCUT2D eigenvalue weighted by molar-refractivity contribution is 6.05. The number of carbonyl (C=O) groups excluding carboxylic acids is 1. The summed E-state index contributed by atoms with van der Waals surface area (Å²) >= 11 is 0. The molecule has 0 spiro atoms. The van der Waals surface area contributed by atoms with Crippen molar-refractivity contribution in [2.45, 2.75) is 18.4 Å². The van der Waals surface area contributed by atoms with E-state index in [0.29, 0.717) is 11.0 Å². The summed E-state index contributed by atoms with van der Waals surface area (Å²) in [5.74, 6) is -0.792. The number of pyridine rings is 1. The lowest BCUT2D eigenvalue weighted by Gasteiger charge is -2.22. The molecule has 1 amide bonds. The molecule has 0 bridgehead atoms. The van der Waals surface area contributed by atoms with Crippen LogP contribution in [-0.2, 0) is 12.4 Å². The molecule has 0 saturated carbocycles.